The lowest BCUT2D eigenvalue weighted by molar-refractivity contribution is -0.124. The first-order valence-electron chi connectivity index (χ1n) is 8.49. The van der Waals surface area contributed by atoms with Gasteiger partial charge >= 0.3 is 0 Å². The Morgan fingerprint density at radius 2 is 2.12 bits per heavy atom. The Labute approximate surface area is 150 Å². The van der Waals surface area contributed by atoms with E-state index in [0.29, 0.717) is 18.6 Å². The van der Waals surface area contributed by atoms with Crippen molar-refractivity contribution < 1.29 is 14.3 Å². The summed E-state index contributed by atoms with van der Waals surface area (Å²) in [6.45, 7) is 1.80. The van der Waals surface area contributed by atoms with E-state index in [1.807, 2.05) is 31.2 Å². The van der Waals surface area contributed by atoms with E-state index in [1.165, 1.54) is 6.07 Å². The Bertz CT molecular complexity index is 904. The Balaban J connectivity index is 1.72. The molecule has 0 fully saturated rings. The van der Waals surface area contributed by atoms with Crippen LogP contribution in [0.1, 0.15) is 46.1 Å². The van der Waals surface area contributed by atoms with Gasteiger partial charge in [-0.25, -0.2) is 0 Å². The van der Waals surface area contributed by atoms with E-state index < -0.39 is 11.5 Å². The standard InChI is InChI=1S/C19H21N3O4/c1-11-5-2-3-8-16(11)26-10-17(23)21-14-6-4-7-15-12(14)9-13(18(20)24)19(25)22-15/h2-3,5,8-9,14H,4,6-7,10H2,1H3,(H2,20,24)(H,21,23)(H,22,25). The highest BCUT2D eigenvalue weighted by Gasteiger charge is 2.25. The molecule has 0 bridgehead atoms. The fourth-order valence-corrected chi connectivity index (χ4v) is 3.17. The molecule has 0 radical (unpaired) electrons. The number of carbonyl (C=O) groups is 2. The molecule has 0 spiro atoms. The van der Waals surface area contributed by atoms with Crippen molar-refractivity contribution in [3.05, 3.63) is 63.1 Å². The zero-order chi connectivity index (χ0) is 18.7. The zero-order valence-electron chi connectivity index (χ0n) is 14.5. The van der Waals surface area contributed by atoms with Crippen LogP contribution in [0.2, 0.25) is 0 Å². The molecule has 1 aromatic heterocycles. The molecule has 3 rings (SSSR count). The number of nitrogens with two attached hydrogens (primary N) is 1. The molecule has 0 saturated carbocycles. The quantitative estimate of drug-likeness (QED) is 0.751. The SMILES string of the molecule is Cc1ccccc1OCC(=O)NC1CCCc2[nH]c(=O)c(C(N)=O)cc21. The third kappa shape index (κ3) is 3.77. The van der Waals surface area contributed by atoms with Gasteiger partial charge < -0.3 is 20.8 Å². The summed E-state index contributed by atoms with van der Waals surface area (Å²) in [7, 11) is 0. The van der Waals surface area contributed by atoms with Crippen LogP contribution in [-0.4, -0.2) is 23.4 Å². The summed E-state index contributed by atoms with van der Waals surface area (Å²) in [5.74, 6) is -0.391. The highest BCUT2D eigenvalue weighted by atomic mass is 16.5. The van der Waals surface area contributed by atoms with Crippen molar-refractivity contribution in [2.75, 3.05) is 6.61 Å². The predicted octanol–water partition coefficient (Wildman–Crippen LogP) is 1.35. The van der Waals surface area contributed by atoms with Crippen LogP contribution in [0.3, 0.4) is 0 Å². The maximum atomic E-state index is 12.3. The minimum Gasteiger partial charge on any atom is -0.484 e. The van der Waals surface area contributed by atoms with Gasteiger partial charge in [-0.3, -0.25) is 14.4 Å². The van der Waals surface area contributed by atoms with Crippen molar-refractivity contribution in [1.29, 1.82) is 0 Å². The minimum atomic E-state index is -0.785. The van der Waals surface area contributed by atoms with Crippen molar-refractivity contribution in [2.24, 2.45) is 5.73 Å². The Morgan fingerprint density at radius 3 is 2.85 bits per heavy atom. The van der Waals surface area contributed by atoms with E-state index in [9.17, 15) is 14.4 Å². The van der Waals surface area contributed by atoms with Gasteiger partial charge in [0.05, 0.1) is 6.04 Å². The second kappa shape index (κ2) is 7.43. The molecule has 1 unspecified atom stereocenters. The van der Waals surface area contributed by atoms with Crippen LogP contribution in [-0.2, 0) is 11.2 Å². The van der Waals surface area contributed by atoms with Gasteiger partial charge in [-0.2, -0.15) is 0 Å². The van der Waals surface area contributed by atoms with Gasteiger partial charge in [-0.15, -0.1) is 0 Å². The van der Waals surface area contributed by atoms with Crippen LogP contribution in [0.5, 0.6) is 5.75 Å². The number of aromatic nitrogens is 1. The van der Waals surface area contributed by atoms with E-state index in [1.54, 1.807) is 0 Å². The number of nitrogens with one attached hydrogen (secondary N) is 2. The van der Waals surface area contributed by atoms with E-state index in [2.05, 4.69) is 10.3 Å². The molecular formula is C19H21N3O4. The lowest BCUT2D eigenvalue weighted by atomic mass is 9.90. The third-order valence-corrected chi connectivity index (χ3v) is 4.51. The number of fused-ring (bicyclic) bond motifs is 1. The molecule has 26 heavy (non-hydrogen) atoms. The number of aryl methyl sites for hydroxylation is 2. The third-order valence-electron chi connectivity index (χ3n) is 4.51. The monoisotopic (exact) mass is 355 g/mol. The average Bonchev–Trinajstić information content (AvgIpc) is 2.60. The van der Waals surface area contributed by atoms with E-state index in [-0.39, 0.29) is 24.1 Å². The van der Waals surface area contributed by atoms with Gasteiger partial charge in [0.25, 0.3) is 17.4 Å². The summed E-state index contributed by atoms with van der Waals surface area (Å²) in [6, 6.07) is 8.66. The topological polar surface area (TPSA) is 114 Å². The molecule has 1 atom stereocenters. The highest BCUT2D eigenvalue weighted by molar-refractivity contribution is 5.92. The minimum absolute atomic E-state index is 0.0962. The molecule has 1 aromatic carbocycles. The van der Waals surface area contributed by atoms with Crippen molar-refractivity contribution in [1.82, 2.24) is 10.3 Å². The predicted molar refractivity (Wildman–Crippen MR) is 96.1 cm³/mol. The number of hydrogen-bond donors (Lipinski definition) is 3. The number of carbonyl (C=O) groups excluding carboxylic acids is 2. The number of aromatic amines is 1. The van der Waals surface area contributed by atoms with Crippen LogP contribution >= 0.6 is 0 Å². The molecule has 2 aromatic rings. The van der Waals surface area contributed by atoms with Crippen molar-refractivity contribution in [3.63, 3.8) is 0 Å². The smallest absolute Gasteiger partial charge is 0.261 e. The number of pyridine rings is 1. The molecule has 0 aliphatic heterocycles. The first-order chi connectivity index (χ1) is 12.5. The Hall–Kier alpha value is -3.09. The summed E-state index contributed by atoms with van der Waals surface area (Å²) < 4.78 is 5.57. The number of primary amides is 1. The van der Waals surface area contributed by atoms with Gasteiger partial charge in [0.15, 0.2) is 6.61 Å². The zero-order valence-corrected chi connectivity index (χ0v) is 14.5. The molecule has 7 nitrogen and oxygen atoms in total. The summed E-state index contributed by atoms with van der Waals surface area (Å²) in [5, 5.41) is 2.91. The van der Waals surface area contributed by atoms with Crippen molar-refractivity contribution >= 4 is 11.8 Å². The summed E-state index contributed by atoms with van der Waals surface area (Å²) in [4.78, 5) is 38.3. The Kier molecular flexibility index (Phi) is 5.06. The van der Waals surface area contributed by atoms with Crippen LogP contribution in [0.25, 0.3) is 0 Å². The van der Waals surface area contributed by atoms with Crippen LogP contribution < -0.4 is 21.3 Å². The lowest BCUT2D eigenvalue weighted by Gasteiger charge is -2.26. The van der Waals surface area contributed by atoms with Gasteiger partial charge in [-0.05, 0) is 49.4 Å². The molecular weight excluding hydrogens is 334 g/mol. The Morgan fingerprint density at radius 1 is 1.35 bits per heavy atom. The van der Waals surface area contributed by atoms with E-state index in [0.717, 1.165) is 23.2 Å². The van der Waals surface area contributed by atoms with Gasteiger partial charge in [0, 0.05) is 5.69 Å². The fraction of sp³-hybridized carbons (Fsp3) is 0.316. The molecule has 136 valence electrons. The first kappa shape index (κ1) is 17.7. The second-order valence-corrected chi connectivity index (χ2v) is 6.38. The molecule has 4 N–H and O–H groups in total. The molecule has 1 aliphatic carbocycles. The maximum absolute atomic E-state index is 12.3. The molecule has 0 saturated heterocycles. The first-order valence-corrected chi connectivity index (χ1v) is 8.49. The number of hydrogen-bond acceptors (Lipinski definition) is 4. The lowest BCUT2D eigenvalue weighted by Crippen LogP contribution is -2.36. The molecule has 7 heteroatoms. The number of H-pyrrole nitrogens is 1. The van der Waals surface area contributed by atoms with Crippen LogP contribution in [0.4, 0.5) is 0 Å². The average molecular weight is 355 g/mol. The highest BCUT2D eigenvalue weighted by Crippen LogP contribution is 2.28. The summed E-state index contributed by atoms with van der Waals surface area (Å²) >= 11 is 0. The number of ether oxygens (including phenoxy) is 1. The van der Waals surface area contributed by atoms with Gasteiger partial charge in [-0.1, -0.05) is 18.2 Å². The molecule has 2 amide bonds. The van der Waals surface area contributed by atoms with Gasteiger partial charge in [0.2, 0.25) is 0 Å². The normalized spacial score (nSPS) is 15.8. The number of para-hydroxylation sites is 1. The summed E-state index contributed by atoms with van der Waals surface area (Å²) in [5.41, 5.74) is 7.08. The van der Waals surface area contributed by atoms with Crippen molar-refractivity contribution in [2.45, 2.75) is 32.2 Å². The maximum Gasteiger partial charge on any atom is 0.261 e. The summed E-state index contributed by atoms with van der Waals surface area (Å²) in [6.07, 6.45) is 2.23. The second-order valence-electron chi connectivity index (χ2n) is 6.38. The van der Waals surface area contributed by atoms with Crippen LogP contribution in [0, 0.1) is 6.92 Å². The number of benzene rings is 1. The molecule has 1 heterocycles. The van der Waals surface area contributed by atoms with Crippen molar-refractivity contribution in [3.8, 4) is 5.75 Å². The largest absolute Gasteiger partial charge is 0.484 e. The molecule has 1 aliphatic rings. The number of rotatable bonds is 5. The number of amides is 2. The van der Waals surface area contributed by atoms with E-state index >= 15 is 0 Å². The van der Waals surface area contributed by atoms with E-state index in [4.69, 9.17) is 10.5 Å². The van der Waals surface area contributed by atoms with Gasteiger partial charge in [0.1, 0.15) is 11.3 Å². The fourth-order valence-electron chi connectivity index (χ4n) is 3.17. The van der Waals surface area contributed by atoms with Crippen LogP contribution in [0.15, 0.2) is 35.1 Å².